The molecule has 1 aromatic carbocycles. The van der Waals surface area contributed by atoms with Crippen LogP contribution in [0.15, 0.2) is 18.2 Å². The first-order valence-corrected chi connectivity index (χ1v) is 9.87. The van der Waals surface area contributed by atoms with Gasteiger partial charge in [-0.25, -0.2) is 12.7 Å². The highest BCUT2D eigenvalue weighted by Crippen LogP contribution is 2.32. The van der Waals surface area contributed by atoms with Crippen molar-refractivity contribution in [2.75, 3.05) is 24.2 Å². The van der Waals surface area contributed by atoms with Gasteiger partial charge < -0.3 is 11.1 Å². The molecule has 26 heavy (non-hydrogen) atoms. The smallest absolute Gasteiger partial charge is 0.326 e. The van der Waals surface area contributed by atoms with Crippen LogP contribution >= 0.6 is 0 Å². The van der Waals surface area contributed by atoms with Gasteiger partial charge >= 0.3 is 6.18 Å². The van der Waals surface area contributed by atoms with Crippen LogP contribution in [0.25, 0.3) is 0 Å². The zero-order valence-corrected chi connectivity index (χ0v) is 15.2. The lowest BCUT2D eigenvalue weighted by Crippen LogP contribution is -2.42. The van der Waals surface area contributed by atoms with Crippen molar-refractivity contribution >= 4 is 21.6 Å². The maximum Gasteiger partial charge on any atom is 0.416 e. The maximum absolute atomic E-state index is 12.9. The summed E-state index contributed by atoms with van der Waals surface area (Å²) in [5.41, 5.74) is 4.85. The van der Waals surface area contributed by atoms with Crippen LogP contribution in [0.3, 0.4) is 0 Å². The van der Waals surface area contributed by atoms with E-state index >= 15 is 0 Å². The number of benzene rings is 1. The minimum absolute atomic E-state index is 0.00400. The van der Waals surface area contributed by atoms with Crippen LogP contribution in [0, 0.1) is 5.92 Å². The van der Waals surface area contributed by atoms with Crippen LogP contribution in [0.4, 0.5) is 18.9 Å². The van der Waals surface area contributed by atoms with E-state index in [-0.39, 0.29) is 36.6 Å². The van der Waals surface area contributed by atoms with Gasteiger partial charge in [-0.15, -0.1) is 0 Å². The van der Waals surface area contributed by atoms with Gasteiger partial charge in [-0.05, 0) is 43.5 Å². The van der Waals surface area contributed by atoms with Crippen molar-refractivity contribution in [2.24, 2.45) is 11.7 Å². The Morgan fingerprint density at radius 2 is 1.88 bits per heavy atom. The van der Waals surface area contributed by atoms with Gasteiger partial charge in [-0.1, -0.05) is 0 Å². The number of hydrogen-bond donors (Lipinski definition) is 2. The summed E-state index contributed by atoms with van der Waals surface area (Å²) >= 11 is 0. The summed E-state index contributed by atoms with van der Waals surface area (Å²) in [6.07, 6.45) is -3.88. The monoisotopic (exact) mass is 393 g/mol. The molecule has 0 radical (unpaired) electrons. The summed E-state index contributed by atoms with van der Waals surface area (Å²) in [6, 6.07) is 3.22. The third-order valence-electron chi connectivity index (χ3n) is 4.41. The molecule has 0 spiro atoms. The van der Waals surface area contributed by atoms with Crippen LogP contribution in [-0.4, -0.2) is 37.5 Å². The Labute approximate surface area is 150 Å². The molecule has 1 aliphatic heterocycles. The van der Waals surface area contributed by atoms with Gasteiger partial charge in [0.15, 0.2) is 0 Å². The number of carbonyl (C=O) groups is 1. The Morgan fingerprint density at radius 3 is 2.38 bits per heavy atom. The first kappa shape index (κ1) is 20.7. The zero-order valence-electron chi connectivity index (χ0n) is 14.3. The molecule has 2 rings (SSSR count). The Balaban J connectivity index is 2.07. The number of piperidine rings is 1. The van der Waals surface area contributed by atoms with Crippen molar-refractivity contribution in [2.45, 2.75) is 32.5 Å². The average Bonchev–Trinajstić information content (AvgIpc) is 2.60. The van der Waals surface area contributed by atoms with Gasteiger partial charge in [0.1, 0.15) is 0 Å². The molecule has 3 N–H and O–H groups in total. The number of carbonyl (C=O) groups excluding carboxylic acids is 1. The van der Waals surface area contributed by atoms with Crippen molar-refractivity contribution in [3.63, 3.8) is 0 Å². The summed E-state index contributed by atoms with van der Waals surface area (Å²) in [5, 5.41) is 2.50. The second-order valence-electron chi connectivity index (χ2n) is 6.18. The van der Waals surface area contributed by atoms with Gasteiger partial charge in [0.25, 0.3) is 0 Å². The molecule has 0 aliphatic carbocycles. The first-order valence-electron chi connectivity index (χ1n) is 8.26. The predicted molar refractivity (Wildman–Crippen MR) is 91.7 cm³/mol. The summed E-state index contributed by atoms with van der Waals surface area (Å²) in [7, 11) is -3.30. The average molecular weight is 393 g/mol. The lowest BCUT2D eigenvalue weighted by atomic mass is 9.97. The first-order chi connectivity index (χ1) is 12.1. The Morgan fingerprint density at radius 1 is 1.27 bits per heavy atom. The van der Waals surface area contributed by atoms with Gasteiger partial charge in [0.05, 0.1) is 11.3 Å². The number of nitrogens with zero attached hydrogens (tertiary/aromatic N) is 1. The fraction of sp³-hybridized carbons (Fsp3) is 0.562. The largest absolute Gasteiger partial charge is 0.416 e. The van der Waals surface area contributed by atoms with Gasteiger partial charge in [-0.2, -0.15) is 13.2 Å². The van der Waals surface area contributed by atoms with Crippen molar-refractivity contribution in [3.8, 4) is 0 Å². The van der Waals surface area contributed by atoms with Crippen LogP contribution in [0.5, 0.6) is 0 Å². The van der Waals surface area contributed by atoms with E-state index in [2.05, 4.69) is 5.32 Å². The molecule has 0 bridgehead atoms. The van der Waals surface area contributed by atoms with Crippen LogP contribution in [0.2, 0.25) is 0 Å². The minimum Gasteiger partial charge on any atom is -0.326 e. The molecule has 0 unspecified atom stereocenters. The molecule has 6 nitrogen and oxygen atoms in total. The fourth-order valence-corrected chi connectivity index (χ4v) is 4.00. The fourth-order valence-electron chi connectivity index (χ4n) is 2.87. The molecule has 146 valence electrons. The topological polar surface area (TPSA) is 92.5 Å². The van der Waals surface area contributed by atoms with Crippen LogP contribution < -0.4 is 11.1 Å². The maximum atomic E-state index is 12.9. The van der Waals surface area contributed by atoms with Gasteiger partial charge in [0, 0.05) is 31.2 Å². The van der Waals surface area contributed by atoms with E-state index in [0.717, 1.165) is 12.1 Å². The molecule has 1 saturated heterocycles. The highest BCUT2D eigenvalue weighted by Gasteiger charge is 2.32. The molecule has 0 atom stereocenters. The van der Waals surface area contributed by atoms with Crippen molar-refractivity contribution < 1.29 is 26.4 Å². The third kappa shape index (κ3) is 4.95. The minimum atomic E-state index is -4.54. The van der Waals surface area contributed by atoms with Crippen molar-refractivity contribution in [1.82, 2.24) is 4.31 Å². The predicted octanol–water partition coefficient (Wildman–Crippen LogP) is 2.16. The van der Waals surface area contributed by atoms with Gasteiger partial charge in [0.2, 0.25) is 15.9 Å². The quantitative estimate of drug-likeness (QED) is 0.802. The second-order valence-corrected chi connectivity index (χ2v) is 8.44. The molecule has 10 heteroatoms. The summed E-state index contributed by atoms with van der Waals surface area (Å²) in [5.74, 6) is -0.870. The molecule has 0 aromatic heterocycles. The number of hydrogen-bond acceptors (Lipinski definition) is 4. The molecular formula is C16H22F3N3O3S. The number of alkyl halides is 3. The standard InChI is InChI=1S/C16H22F3N3O3S/c1-2-26(24,25)22-5-3-12(4-6-22)15(23)21-14-8-11(10-20)7-13(9-14)16(17,18)19/h7-9,12H,2-6,10,20H2,1H3,(H,21,23). The molecule has 0 saturated carbocycles. The highest BCUT2D eigenvalue weighted by molar-refractivity contribution is 7.89. The summed E-state index contributed by atoms with van der Waals surface area (Å²) < 4.78 is 63.8. The number of anilines is 1. The molecule has 1 fully saturated rings. The number of sulfonamides is 1. The Hall–Kier alpha value is -1.65. The van der Waals surface area contributed by atoms with E-state index in [0.29, 0.717) is 12.8 Å². The van der Waals surface area contributed by atoms with E-state index in [4.69, 9.17) is 5.73 Å². The number of rotatable bonds is 5. The van der Waals surface area contributed by atoms with E-state index < -0.39 is 33.6 Å². The highest BCUT2D eigenvalue weighted by atomic mass is 32.2. The van der Waals surface area contributed by atoms with E-state index in [1.165, 1.54) is 10.4 Å². The summed E-state index contributed by atoms with van der Waals surface area (Å²) in [4.78, 5) is 12.4. The molecule has 1 heterocycles. The van der Waals surface area contributed by atoms with E-state index in [9.17, 15) is 26.4 Å². The number of amides is 1. The van der Waals surface area contributed by atoms with Gasteiger partial charge in [-0.3, -0.25) is 4.79 Å². The Bertz CT molecular complexity index is 758. The number of nitrogens with one attached hydrogen (secondary N) is 1. The van der Waals surface area contributed by atoms with E-state index in [1.807, 2.05) is 0 Å². The second kappa shape index (κ2) is 7.93. The molecule has 1 amide bonds. The van der Waals surface area contributed by atoms with Crippen LogP contribution in [-0.2, 0) is 27.5 Å². The number of nitrogens with two attached hydrogens (primary N) is 1. The molecular weight excluding hydrogens is 371 g/mol. The lowest BCUT2D eigenvalue weighted by Gasteiger charge is -2.30. The summed E-state index contributed by atoms with van der Waals surface area (Å²) in [6.45, 7) is 1.92. The van der Waals surface area contributed by atoms with Crippen LogP contribution in [0.1, 0.15) is 30.9 Å². The van der Waals surface area contributed by atoms with Crippen molar-refractivity contribution in [1.29, 1.82) is 0 Å². The zero-order chi connectivity index (χ0) is 19.5. The molecule has 1 aliphatic rings. The SMILES string of the molecule is CCS(=O)(=O)N1CCC(C(=O)Nc2cc(CN)cc(C(F)(F)F)c2)CC1. The number of halogens is 3. The molecule has 1 aromatic rings. The Kier molecular flexibility index (Phi) is 6.30. The van der Waals surface area contributed by atoms with E-state index in [1.54, 1.807) is 6.92 Å². The lowest BCUT2D eigenvalue weighted by molar-refractivity contribution is -0.137. The normalized spacial score (nSPS) is 17.3. The third-order valence-corrected chi connectivity index (χ3v) is 6.29. The van der Waals surface area contributed by atoms with Crippen molar-refractivity contribution in [3.05, 3.63) is 29.3 Å².